The highest BCUT2D eigenvalue weighted by atomic mass is 16.1. The van der Waals surface area contributed by atoms with Gasteiger partial charge in [-0.3, -0.25) is 4.79 Å². The quantitative estimate of drug-likeness (QED) is 0.937. The number of nitrogens with zero attached hydrogens (tertiary/aromatic N) is 2. The second-order valence-corrected chi connectivity index (χ2v) is 5.68. The molecule has 21 heavy (non-hydrogen) atoms. The molecule has 0 spiro atoms. The van der Waals surface area contributed by atoms with Gasteiger partial charge in [-0.25, -0.2) is 4.68 Å². The van der Waals surface area contributed by atoms with E-state index in [1.54, 1.807) is 0 Å². The predicted octanol–water partition coefficient (Wildman–Crippen LogP) is 3.07. The van der Waals surface area contributed by atoms with Gasteiger partial charge in [-0.2, -0.15) is 5.10 Å². The lowest BCUT2D eigenvalue weighted by molar-refractivity contribution is -0.126. The normalized spacial score (nSPS) is 15.8. The van der Waals surface area contributed by atoms with E-state index in [1.165, 1.54) is 19.3 Å². The number of benzene rings is 1. The number of hydrogen-bond donors (Lipinski definition) is 1. The van der Waals surface area contributed by atoms with E-state index in [1.807, 2.05) is 47.4 Å². The summed E-state index contributed by atoms with van der Waals surface area (Å²) in [6.45, 7) is 0.558. The zero-order chi connectivity index (χ0) is 14.5. The maximum Gasteiger partial charge on any atom is 0.223 e. The topological polar surface area (TPSA) is 46.9 Å². The van der Waals surface area contributed by atoms with Crippen molar-refractivity contribution in [2.45, 2.75) is 38.6 Å². The van der Waals surface area contributed by atoms with Gasteiger partial charge in [-0.15, -0.1) is 0 Å². The highest BCUT2D eigenvalue weighted by Crippen LogP contribution is 2.23. The molecular weight excluding hydrogens is 262 g/mol. The van der Waals surface area contributed by atoms with Gasteiger partial charge in [0.15, 0.2) is 0 Å². The zero-order valence-electron chi connectivity index (χ0n) is 12.2. The summed E-state index contributed by atoms with van der Waals surface area (Å²) >= 11 is 0. The van der Waals surface area contributed by atoms with Gasteiger partial charge in [0.05, 0.1) is 11.9 Å². The van der Waals surface area contributed by atoms with Crippen LogP contribution in [0.25, 0.3) is 5.69 Å². The Hall–Kier alpha value is -2.10. The Balaban J connectivity index is 1.56. The first-order valence-electron chi connectivity index (χ1n) is 7.69. The lowest BCUT2D eigenvalue weighted by Gasteiger charge is -2.20. The molecule has 1 aliphatic carbocycles. The van der Waals surface area contributed by atoms with E-state index in [0.717, 1.165) is 24.1 Å². The second-order valence-electron chi connectivity index (χ2n) is 5.68. The SMILES string of the molecule is O=C(NCc1cnn(-c2ccccc2)c1)C1CCCCC1. The standard InChI is InChI=1S/C17H21N3O/c21-17(15-7-3-1-4-8-15)18-11-14-12-19-20(13-14)16-9-5-2-6-10-16/h2,5-6,9-10,12-13,15H,1,3-4,7-8,11H2,(H,18,21). The molecule has 1 heterocycles. The van der Waals surface area contributed by atoms with Crippen LogP contribution in [0.15, 0.2) is 42.7 Å². The van der Waals surface area contributed by atoms with Crippen molar-refractivity contribution >= 4 is 5.91 Å². The molecule has 1 aromatic carbocycles. The molecule has 4 heteroatoms. The van der Waals surface area contributed by atoms with Crippen molar-refractivity contribution < 1.29 is 4.79 Å². The van der Waals surface area contributed by atoms with Gasteiger partial charge >= 0.3 is 0 Å². The van der Waals surface area contributed by atoms with Crippen LogP contribution in [0.1, 0.15) is 37.7 Å². The van der Waals surface area contributed by atoms with E-state index in [-0.39, 0.29) is 11.8 Å². The van der Waals surface area contributed by atoms with Gasteiger partial charge in [0, 0.05) is 24.2 Å². The van der Waals surface area contributed by atoms with Crippen LogP contribution in [0.5, 0.6) is 0 Å². The number of nitrogens with one attached hydrogen (secondary N) is 1. The minimum atomic E-state index is 0.196. The molecule has 0 bridgehead atoms. The number of carbonyl (C=O) groups excluding carboxylic acids is 1. The fraction of sp³-hybridized carbons (Fsp3) is 0.412. The average molecular weight is 283 g/mol. The molecule has 0 saturated heterocycles. The Bertz CT molecular complexity index is 585. The van der Waals surface area contributed by atoms with Crippen LogP contribution in [0.2, 0.25) is 0 Å². The third-order valence-corrected chi connectivity index (χ3v) is 4.10. The molecule has 1 fully saturated rings. The van der Waals surface area contributed by atoms with Gasteiger partial charge in [0.1, 0.15) is 0 Å². The fourth-order valence-electron chi connectivity index (χ4n) is 2.87. The number of amides is 1. The monoisotopic (exact) mass is 283 g/mol. The highest BCUT2D eigenvalue weighted by Gasteiger charge is 2.20. The van der Waals surface area contributed by atoms with Gasteiger partial charge in [-0.1, -0.05) is 37.5 Å². The molecule has 1 amide bonds. The third-order valence-electron chi connectivity index (χ3n) is 4.10. The van der Waals surface area contributed by atoms with Crippen molar-refractivity contribution in [2.24, 2.45) is 5.92 Å². The molecule has 0 radical (unpaired) electrons. The number of para-hydroxylation sites is 1. The van der Waals surface area contributed by atoms with E-state index >= 15 is 0 Å². The van der Waals surface area contributed by atoms with Crippen molar-refractivity contribution in [1.82, 2.24) is 15.1 Å². The van der Waals surface area contributed by atoms with Gasteiger partial charge < -0.3 is 5.32 Å². The van der Waals surface area contributed by atoms with Crippen LogP contribution in [-0.2, 0) is 11.3 Å². The number of carbonyl (C=O) groups is 1. The Labute approximate surface area is 125 Å². The number of hydrogen-bond acceptors (Lipinski definition) is 2. The Morgan fingerprint density at radius 1 is 1.19 bits per heavy atom. The Morgan fingerprint density at radius 3 is 2.71 bits per heavy atom. The second kappa shape index (κ2) is 6.57. The summed E-state index contributed by atoms with van der Waals surface area (Å²) in [5.74, 6) is 0.407. The van der Waals surface area contributed by atoms with Crippen molar-refractivity contribution in [3.8, 4) is 5.69 Å². The van der Waals surface area contributed by atoms with Gasteiger partial charge in [0.25, 0.3) is 0 Å². The van der Waals surface area contributed by atoms with E-state index < -0.39 is 0 Å². The number of rotatable bonds is 4. The molecule has 0 unspecified atom stereocenters. The van der Waals surface area contributed by atoms with E-state index in [9.17, 15) is 4.79 Å². The van der Waals surface area contributed by atoms with Gasteiger partial charge in [-0.05, 0) is 25.0 Å². The van der Waals surface area contributed by atoms with Crippen molar-refractivity contribution in [2.75, 3.05) is 0 Å². The van der Waals surface area contributed by atoms with Crippen molar-refractivity contribution in [3.05, 3.63) is 48.3 Å². The molecule has 4 nitrogen and oxygen atoms in total. The fourth-order valence-corrected chi connectivity index (χ4v) is 2.87. The minimum Gasteiger partial charge on any atom is -0.352 e. The lowest BCUT2D eigenvalue weighted by Crippen LogP contribution is -2.31. The zero-order valence-corrected chi connectivity index (χ0v) is 12.2. The first-order chi connectivity index (χ1) is 10.3. The summed E-state index contributed by atoms with van der Waals surface area (Å²) in [4.78, 5) is 12.1. The maximum atomic E-state index is 12.1. The van der Waals surface area contributed by atoms with Crippen LogP contribution in [-0.4, -0.2) is 15.7 Å². The van der Waals surface area contributed by atoms with Crippen molar-refractivity contribution in [3.63, 3.8) is 0 Å². The van der Waals surface area contributed by atoms with E-state index in [4.69, 9.17) is 0 Å². The Kier molecular flexibility index (Phi) is 4.34. The molecule has 1 saturated carbocycles. The lowest BCUT2D eigenvalue weighted by atomic mass is 9.89. The molecule has 0 atom stereocenters. The molecule has 0 aliphatic heterocycles. The summed E-state index contributed by atoms with van der Waals surface area (Å²) in [5.41, 5.74) is 2.06. The summed E-state index contributed by atoms with van der Waals surface area (Å²) < 4.78 is 1.84. The largest absolute Gasteiger partial charge is 0.352 e. The summed E-state index contributed by atoms with van der Waals surface area (Å²) in [6, 6.07) is 9.98. The summed E-state index contributed by atoms with van der Waals surface area (Å²) in [7, 11) is 0. The molecule has 3 rings (SSSR count). The molecule has 1 aromatic heterocycles. The summed E-state index contributed by atoms with van der Waals surface area (Å²) in [5, 5.41) is 7.38. The minimum absolute atomic E-state index is 0.196. The Morgan fingerprint density at radius 2 is 1.95 bits per heavy atom. The van der Waals surface area contributed by atoms with Crippen LogP contribution in [0.4, 0.5) is 0 Å². The first kappa shape index (κ1) is 13.9. The molecule has 1 N–H and O–H groups in total. The van der Waals surface area contributed by atoms with E-state index in [0.29, 0.717) is 6.54 Å². The smallest absolute Gasteiger partial charge is 0.223 e. The number of aromatic nitrogens is 2. The summed E-state index contributed by atoms with van der Waals surface area (Å²) in [6.07, 6.45) is 9.50. The van der Waals surface area contributed by atoms with Crippen LogP contribution < -0.4 is 5.32 Å². The first-order valence-corrected chi connectivity index (χ1v) is 7.69. The van der Waals surface area contributed by atoms with Crippen LogP contribution in [0.3, 0.4) is 0 Å². The van der Waals surface area contributed by atoms with E-state index in [2.05, 4.69) is 10.4 Å². The molecule has 1 aliphatic rings. The van der Waals surface area contributed by atoms with Crippen LogP contribution in [0, 0.1) is 5.92 Å². The van der Waals surface area contributed by atoms with Gasteiger partial charge in [0.2, 0.25) is 5.91 Å². The predicted molar refractivity (Wildman–Crippen MR) is 82.0 cm³/mol. The third kappa shape index (κ3) is 3.51. The van der Waals surface area contributed by atoms with Crippen molar-refractivity contribution in [1.29, 1.82) is 0 Å². The van der Waals surface area contributed by atoms with Crippen LogP contribution >= 0.6 is 0 Å². The molecular formula is C17H21N3O. The highest BCUT2D eigenvalue weighted by molar-refractivity contribution is 5.78. The molecule has 2 aromatic rings. The maximum absolute atomic E-state index is 12.1. The average Bonchev–Trinajstić information content (AvgIpc) is 3.03. The molecule has 110 valence electrons.